The van der Waals surface area contributed by atoms with Crippen LogP contribution in [-0.2, 0) is 4.74 Å². The van der Waals surface area contributed by atoms with E-state index in [0.29, 0.717) is 22.7 Å². The van der Waals surface area contributed by atoms with E-state index in [9.17, 15) is 9.59 Å². The minimum Gasteiger partial charge on any atom is -0.449 e. The first-order valence-corrected chi connectivity index (χ1v) is 8.25. The SMILES string of the molecule is Cc1cc(Br)oc1C(=O)Nc1cccc(NC(=O)OCC(C)C)c1. The maximum atomic E-state index is 12.2. The fraction of sp³-hybridized carbons (Fsp3) is 0.294. The number of carbonyl (C=O) groups is 2. The average molecular weight is 395 g/mol. The summed E-state index contributed by atoms with van der Waals surface area (Å²) in [5.41, 5.74) is 1.79. The van der Waals surface area contributed by atoms with Gasteiger partial charge in [0.1, 0.15) is 0 Å². The summed E-state index contributed by atoms with van der Waals surface area (Å²) in [4.78, 5) is 23.9. The van der Waals surface area contributed by atoms with Gasteiger partial charge in [0.05, 0.1) is 6.61 Å². The van der Waals surface area contributed by atoms with Gasteiger partial charge in [-0.25, -0.2) is 4.79 Å². The first-order valence-electron chi connectivity index (χ1n) is 7.46. The number of benzene rings is 1. The maximum Gasteiger partial charge on any atom is 0.411 e. The fourth-order valence-corrected chi connectivity index (χ4v) is 2.43. The smallest absolute Gasteiger partial charge is 0.411 e. The lowest BCUT2D eigenvalue weighted by molar-refractivity contribution is 0.0994. The van der Waals surface area contributed by atoms with Crippen molar-refractivity contribution in [1.29, 1.82) is 0 Å². The van der Waals surface area contributed by atoms with Crippen LogP contribution in [0.2, 0.25) is 0 Å². The van der Waals surface area contributed by atoms with Crippen LogP contribution >= 0.6 is 15.9 Å². The lowest BCUT2D eigenvalue weighted by atomic mass is 10.2. The molecule has 0 spiro atoms. The second-order valence-corrected chi connectivity index (χ2v) is 6.50. The van der Waals surface area contributed by atoms with Gasteiger partial charge in [0, 0.05) is 16.9 Å². The minimum absolute atomic E-state index is 0.233. The molecular weight excluding hydrogens is 376 g/mol. The van der Waals surface area contributed by atoms with E-state index in [4.69, 9.17) is 9.15 Å². The fourth-order valence-electron chi connectivity index (χ4n) is 1.93. The highest BCUT2D eigenvalue weighted by Crippen LogP contribution is 2.22. The van der Waals surface area contributed by atoms with Crippen LogP contribution in [0.3, 0.4) is 0 Å². The Labute approximate surface area is 148 Å². The number of anilines is 2. The molecule has 1 aromatic carbocycles. The van der Waals surface area contributed by atoms with Gasteiger partial charge in [-0.2, -0.15) is 0 Å². The number of amides is 2. The Bertz CT molecular complexity index is 740. The Balaban J connectivity index is 2.01. The normalized spacial score (nSPS) is 10.5. The van der Waals surface area contributed by atoms with Crippen molar-refractivity contribution in [1.82, 2.24) is 0 Å². The molecular formula is C17H19BrN2O4. The number of rotatable bonds is 5. The van der Waals surface area contributed by atoms with Gasteiger partial charge in [-0.15, -0.1) is 0 Å². The number of furan rings is 1. The zero-order valence-electron chi connectivity index (χ0n) is 13.7. The molecule has 0 saturated carbocycles. The van der Waals surface area contributed by atoms with Crippen LogP contribution in [0.4, 0.5) is 16.2 Å². The molecule has 0 unspecified atom stereocenters. The summed E-state index contributed by atoms with van der Waals surface area (Å²) in [7, 11) is 0. The predicted octanol–water partition coefficient (Wildman–Crippen LogP) is 4.81. The molecule has 24 heavy (non-hydrogen) atoms. The van der Waals surface area contributed by atoms with Crippen molar-refractivity contribution in [2.45, 2.75) is 20.8 Å². The van der Waals surface area contributed by atoms with Crippen LogP contribution in [0.5, 0.6) is 0 Å². The second kappa shape index (κ2) is 8.01. The Morgan fingerprint density at radius 1 is 1.21 bits per heavy atom. The second-order valence-electron chi connectivity index (χ2n) is 5.71. The van der Waals surface area contributed by atoms with Crippen molar-refractivity contribution in [3.63, 3.8) is 0 Å². The topological polar surface area (TPSA) is 80.6 Å². The van der Waals surface area contributed by atoms with Gasteiger partial charge >= 0.3 is 6.09 Å². The number of halogens is 1. The number of ether oxygens (including phenoxy) is 1. The molecule has 0 atom stereocenters. The van der Waals surface area contributed by atoms with Crippen LogP contribution in [0.25, 0.3) is 0 Å². The molecule has 0 radical (unpaired) electrons. The number of carbonyl (C=O) groups excluding carboxylic acids is 2. The Hall–Kier alpha value is -2.28. The third kappa shape index (κ3) is 5.13. The molecule has 1 heterocycles. The van der Waals surface area contributed by atoms with Crippen LogP contribution < -0.4 is 10.6 Å². The standard InChI is InChI=1S/C17H19BrN2O4/c1-10(2)9-23-17(22)20-13-6-4-5-12(8-13)19-16(21)15-11(3)7-14(18)24-15/h4-8,10H,9H2,1-3H3,(H,19,21)(H,20,22). The molecule has 2 amide bonds. The van der Waals surface area contributed by atoms with E-state index < -0.39 is 6.09 Å². The van der Waals surface area contributed by atoms with Crippen molar-refractivity contribution in [2.75, 3.05) is 17.2 Å². The van der Waals surface area contributed by atoms with Crippen molar-refractivity contribution >= 4 is 39.3 Å². The van der Waals surface area contributed by atoms with Crippen molar-refractivity contribution in [2.24, 2.45) is 5.92 Å². The predicted molar refractivity (Wildman–Crippen MR) is 95.3 cm³/mol. The summed E-state index contributed by atoms with van der Waals surface area (Å²) in [5, 5.41) is 5.35. The molecule has 1 aromatic heterocycles. The molecule has 128 valence electrons. The quantitative estimate of drug-likeness (QED) is 0.762. The molecule has 2 rings (SSSR count). The van der Waals surface area contributed by atoms with E-state index in [2.05, 4.69) is 26.6 Å². The molecule has 6 nitrogen and oxygen atoms in total. The number of aryl methyl sites for hydroxylation is 1. The lowest BCUT2D eigenvalue weighted by Crippen LogP contribution is -2.17. The van der Waals surface area contributed by atoms with Crippen molar-refractivity contribution < 1.29 is 18.7 Å². The molecule has 0 aliphatic carbocycles. The number of hydrogen-bond donors (Lipinski definition) is 2. The van der Waals surface area contributed by atoms with Gasteiger partial charge in [0.15, 0.2) is 10.4 Å². The highest BCUT2D eigenvalue weighted by atomic mass is 79.9. The van der Waals surface area contributed by atoms with Gasteiger partial charge in [-0.05, 0) is 53.0 Å². The van der Waals surface area contributed by atoms with Gasteiger partial charge in [-0.3, -0.25) is 10.1 Å². The zero-order valence-corrected chi connectivity index (χ0v) is 15.3. The van der Waals surface area contributed by atoms with Crippen molar-refractivity contribution in [3.8, 4) is 0 Å². The summed E-state index contributed by atoms with van der Waals surface area (Å²) in [6, 6.07) is 8.51. The van der Waals surface area contributed by atoms with Crippen LogP contribution in [0.1, 0.15) is 30.0 Å². The van der Waals surface area contributed by atoms with E-state index in [1.807, 2.05) is 13.8 Å². The third-order valence-electron chi connectivity index (χ3n) is 3.01. The van der Waals surface area contributed by atoms with Gasteiger partial charge in [0.2, 0.25) is 0 Å². The highest BCUT2D eigenvalue weighted by Gasteiger charge is 2.15. The third-order valence-corrected chi connectivity index (χ3v) is 3.40. The summed E-state index contributed by atoms with van der Waals surface area (Å²) >= 11 is 3.19. The van der Waals surface area contributed by atoms with Crippen LogP contribution in [0.15, 0.2) is 39.4 Å². The van der Waals surface area contributed by atoms with Gasteiger partial charge in [0.25, 0.3) is 5.91 Å². The zero-order chi connectivity index (χ0) is 17.7. The lowest BCUT2D eigenvalue weighted by Gasteiger charge is -2.10. The summed E-state index contributed by atoms with van der Waals surface area (Å²) in [6.07, 6.45) is -0.530. The first kappa shape index (κ1) is 18.1. The summed E-state index contributed by atoms with van der Waals surface area (Å²) in [6.45, 7) is 6.04. The number of nitrogens with one attached hydrogen (secondary N) is 2. The van der Waals surface area contributed by atoms with Crippen molar-refractivity contribution in [3.05, 3.63) is 46.3 Å². The van der Waals surface area contributed by atoms with Crippen LogP contribution in [-0.4, -0.2) is 18.6 Å². The Kier molecular flexibility index (Phi) is 6.03. The molecule has 2 aromatic rings. The highest BCUT2D eigenvalue weighted by molar-refractivity contribution is 9.10. The summed E-state index contributed by atoms with van der Waals surface area (Å²) < 4.78 is 10.9. The monoisotopic (exact) mass is 394 g/mol. The average Bonchev–Trinajstić information content (AvgIpc) is 2.84. The molecule has 7 heteroatoms. The van der Waals surface area contributed by atoms with E-state index in [0.717, 1.165) is 5.56 Å². The van der Waals surface area contributed by atoms with Gasteiger partial charge < -0.3 is 14.5 Å². The molecule has 0 bridgehead atoms. The first-order chi connectivity index (χ1) is 11.3. The van der Waals surface area contributed by atoms with E-state index >= 15 is 0 Å². The largest absolute Gasteiger partial charge is 0.449 e. The Morgan fingerprint density at radius 2 is 1.88 bits per heavy atom. The maximum absolute atomic E-state index is 12.2. The van der Waals surface area contributed by atoms with Crippen LogP contribution in [0, 0.1) is 12.8 Å². The summed E-state index contributed by atoms with van der Waals surface area (Å²) in [5.74, 6) is 0.131. The van der Waals surface area contributed by atoms with E-state index in [1.165, 1.54) is 0 Å². The minimum atomic E-state index is -0.530. The van der Waals surface area contributed by atoms with E-state index in [1.54, 1.807) is 37.3 Å². The molecule has 0 aliphatic heterocycles. The molecule has 0 aliphatic rings. The molecule has 0 fully saturated rings. The molecule has 2 N–H and O–H groups in total. The number of hydrogen-bond acceptors (Lipinski definition) is 4. The molecule has 0 saturated heterocycles. The Morgan fingerprint density at radius 3 is 2.46 bits per heavy atom. The van der Waals surface area contributed by atoms with E-state index in [-0.39, 0.29) is 17.6 Å². The van der Waals surface area contributed by atoms with Gasteiger partial charge in [-0.1, -0.05) is 19.9 Å².